The molecule has 1 aromatic carbocycles. The maximum atomic E-state index is 8.75. The zero-order chi connectivity index (χ0) is 13.1. The van der Waals surface area contributed by atoms with Gasteiger partial charge in [-0.1, -0.05) is 6.07 Å². The van der Waals surface area contributed by atoms with Gasteiger partial charge in [-0.2, -0.15) is 0 Å². The van der Waals surface area contributed by atoms with Crippen LogP contribution in [0.2, 0.25) is 0 Å². The summed E-state index contributed by atoms with van der Waals surface area (Å²) in [6.07, 6.45) is 5.10. The maximum absolute atomic E-state index is 8.75. The van der Waals surface area contributed by atoms with E-state index in [4.69, 9.17) is 9.84 Å². The van der Waals surface area contributed by atoms with Crippen molar-refractivity contribution in [2.24, 2.45) is 0 Å². The predicted molar refractivity (Wildman–Crippen MR) is 75.6 cm³/mol. The molecule has 1 aliphatic heterocycles. The van der Waals surface area contributed by atoms with Crippen molar-refractivity contribution >= 4 is 10.9 Å². The zero-order valence-electron chi connectivity index (χ0n) is 11.0. The van der Waals surface area contributed by atoms with Crippen LogP contribution in [-0.2, 0) is 6.42 Å². The molecule has 0 amide bonds. The first-order valence-corrected chi connectivity index (χ1v) is 6.95. The van der Waals surface area contributed by atoms with E-state index in [0.717, 1.165) is 43.6 Å². The molecule has 0 spiro atoms. The van der Waals surface area contributed by atoms with Gasteiger partial charge in [0.15, 0.2) is 0 Å². The summed E-state index contributed by atoms with van der Waals surface area (Å²) in [5.41, 5.74) is 2.44. The Bertz CT molecular complexity index is 550. The highest BCUT2D eigenvalue weighted by Crippen LogP contribution is 2.34. The third-order valence-corrected chi connectivity index (χ3v) is 3.67. The molecular weight excluding hydrogens is 240 g/mol. The van der Waals surface area contributed by atoms with Gasteiger partial charge in [0.25, 0.3) is 0 Å². The molecule has 0 fully saturated rings. The monoisotopic (exact) mass is 260 g/mol. The predicted octanol–water partition coefficient (Wildman–Crippen LogP) is 1.83. The number of aliphatic hydroxyl groups excluding tert-OH is 1. The van der Waals surface area contributed by atoms with Crippen molar-refractivity contribution in [3.05, 3.63) is 30.0 Å². The number of nitrogens with one attached hydrogen (secondary N) is 2. The number of ether oxygens (including phenoxy) is 1. The molecule has 102 valence electrons. The van der Waals surface area contributed by atoms with Crippen LogP contribution in [0.5, 0.6) is 5.75 Å². The first kappa shape index (κ1) is 12.5. The highest BCUT2D eigenvalue weighted by molar-refractivity contribution is 5.87. The summed E-state index contributed by atoms with van der Waals surface area (Å²) in [4.78, 5) is 3.22. The quantitative estimate of drug-likeness (QED) is 0.719. The summed E-state index contributed by atoms with van der Waals surface area (Å²) in [5.74, 6) is 1.04. The van der Waals surface area contributed by atoms with E-state index in [-0.39, 0.29) is 12.7 Å². The standard InChI is InChI=1S/C15H20N2O2/c18-9-1-7-16-10-12-4-2-11-3-5-14-13(6-8-17-14)15(11)19-12/h3,5-6,8,12,16-18H,1-2,4,7,9-10H2. The largest absolute Gasteiger partial charge is 0.488 e. The van der Waals surface area contributed by atoms with Gasteiger partial charge in [-0.3, -0.25) is 0 Å². The van der Waals surface area contributed by atoms with E-state index >= 15 is 0 Å². The molecular formula is C15H20N2O2. The van der Waals surface area contributed by atoms with Crippen molar-refractivity contribution in [1.82, 2.24) is 10.3 Å². The minimum absolute atomic E-state index is 0.228. The van der Waals surface area contributed by atoms with Crippen LogP contribution in [0.15, 0.2) is 24.4 Å². The number of benzene rings is 1. The van der Waals surface area contributed by atoms with Crippen LogP contribution in [0.3, 0.4) is 0 Å². The fourth-order valence-corrected chi connectivity index (χ4v) is 2.64. The topological polar surface area (TPSA) is 57.3 Å². The fourth-order valence-electron chi connectivity index (χ4n) is 2.64. The second-order valence-electron chi connectivity index (χ2n) is 5.05. The molecule has 4 heteroatoms. The highest BCUT2D eigenvalue weighted by Gasteiger charge is 2.21. The smallest absolute Gasteiger partial charge is 0.132 e. The summed E-state index contributed by atoms with van der Waals surface area (Å²) in [6.45, 7) is 1.93. The first-order valence-electron chi connectivity index (χ1n) is 6.95. The van der Waals surface area contributed by atoms with Gasteiger partial charge < -0.3 is 20.1 Å². The number of aryl methyl sites for hydroxylation is 1. The number of aliphatic hydroxyl groups is 1. The molecule has 4 nitrogen and oxygen atoms in total. The normalized spacial score (nSPS) is 18.3. The van der Waals surface area contributed by atoms with Gasteiger partial charge in [0.05, 0.1) is 0 Å². The number of fused-ring (bicyclic) bond motifs is 3. The molecule has 0 aliphatic carbocycles. The third kappa shape index (κ3) is 2.60. The first-order chi connectivity index (χ1) is 9.38. The van der Waals surface area contributed by atoms with E-state index in [1.54, 1.807) is 0 Å². The molecule has 3 N–H and O–H groups in total. The van der Waals surface area contributed by atoms with E-state index in [2.05, 4.69) is 28.5 Å². The van der Waals surface area contributed by atoms with E-state index in [0.29, 0.717) is 0 Å². The van der Waals surface area contributed by atoms with E-state index in [1.807, 2.05) is 6.20 Å². The van der Waals surface area contributed by atoms with Crippen molar-refractivity contribution in [2.75, 3.05) is 19.7 Å². The summed E-state index contributed by atoms with van der Waals surface area (Å²) in [7, 11) is 0. The van der Waals surface area contributed by atoms with Gasteiger partial charge >= 0.3 is 0 Å². The number of aromatic amines is 1. The number of aromatic nitrogens is 1. The lowest BCUT2D eigenvalue weighted by atomic mass is 10.00. The van der Waals surface area contributed by atoms with E-state index in [9.17, 15) is 0 Å². The van der Waals surface area contributed by atoms with Gasteiger partial charge in [-0.05, 0) is 43.5 Å². The molecule has 2 heterocycles. The summed E-state index contributed by atoms with van der Waals surface area (Å²) in [5, 5.41) is 13.3. The lowest BCUT2D eigenvalue weighted by Gasteiger charge is -2.27. The zero-order valence-corrected chi connectivity index (χ0v) is 11.0. The van der Waals surface area contributed by atoms with Crippen molar-refractivity contribution in [2.45, 2.75) is 25.4 Å². The molecule has 1 aliphatic rings. The van der Waals surface area contributed by atoms with Gasteiger partial charge in [-0.25, -0.2) is 0 Å². The summed E-state index contributed by atoms with van der Waals surface area (Å²) in [6, 6.07) is 6.36. The molecule has 1 atom stereocenters. The van der Waals surface area contributed by atoms with Crippen molar-refractivity contribution in [1.29, 1.82) is 0 Å². The average molecular weight is 260 g/mol. The molecule has 0 saturated heterocycles. The Morgan fingerprint density at radius 1 is 1.37 bits per heavy atom. The number of rotatable bonds is 5. The highest BCUT2D eigenvalue weighted by atomic mass is 16.5. The molecule has 0 bridgehead atoms. The molecule has 0 radical (unpaired) electrons. The lowest BCUT2D eigenvalue weighted by Crippen LogP contribution is -2.34. The Balaban J connectivity index is 1.70. The van der Waals surface area contributed by atoms with E-state index < -0.39 is 0 Å². The molecule has 0 saturated carbocycles. The fraction of sp³-hybridized carbons (Fsp3) is 0.467. The molecule has 19 heavy (non-hydrogen) atoms. The Morgan fingerprint density at radius 3 is 3.21 bits per heavy atom. The van der Waals surface area contributed by atoms with Gasteiger partial charge in [0.1, 0.15) is 11.9 Å². The maximum Gasteiger partial charge on any atom is 0.132 e. The van der Waals surface area contributed by atoms with Crippen LogP contribution in [0.4, 0.5) is 0 Å². The Labute approximate surface area is 112 Å². The average Bonchev–Trinajstić information content (AvgIpc) is 2.92. The van der Waals surface area contributed by atoms with Crippen LogP contribution in [0, 0.1) is 0 Å². The number of H-pyrrole nitrogens is 1. The van der Waals surface area contributed by atoms with Crippen LogP contribution in [-0.4, -0.2) is 35.9 Å². The summed E-state index contributed by atoms with van der Waals surface area (Å²) < 4.78 is 6.14. The molecule has 1 aromatic heterocycles. The minimum atomic E-state index is 0.228. The molecule has 1 unspecified atom stereocenters. The van der Waals surface area contributed by atoms with Crippen molar-refractivity contribution in [3.8, 4) is 5.75 Å². The van der Waals surface area contributed by atoms with Crippen LogP contribution in [0.1, 0.15) is 18.4 Å². The molecule has 2 aromatic rings. The van der Waals surface area contributed by atoms with Gasteiger partial charge in [0.2, 0.25) is 0 Å². The second-order valence-corrected chi connectivity index (χ2v) is 5.05. The SMILES string of the molecule is OCCCNCC1CCc2ccc3[nH]ccc3c2O1. The Hall–Kier alpha value is -1.52. The summed E-state index contributed by atoms with van der Waals surface area (Å²) >= 11 is 0. The van der Waals surface area contributed by atoms with Crippen LogP contribution in [0.25, 0.3) is 10.9 Å². The van der Waals surface area contributed by atoms with Gasteiger partial charge in [0, 0.05) is 30.3 Å². The number of hydrogen-bond acceptors (Lipinski definition) is 3. The van der Waals surface area contributed by atoms with Crippen molar-refractivity contribution < 1.29 is 9.84 Å². The van der Waals surface area contributed by atoms with Crippen LogP contribution < -0.4 is 10.1 Å². The minimum Gasteiger partial charge on any atom is -0.488 e. The second kappa shape index (κ2) is 5.63. The Kier molecular flexibility index (Phi) is 3.71. The van der Waals surface area contributed by atoms with Crippen LogP contribution >= 0.6 is 0 Å². The van der Waals surface area contributed by atoms with E-state index in [1.165, 1.54) is 10.9 Å². The Morgan fingerprint density at radius 2 is 2.32 bits per heavy atom. The van der Waals surface area contributed by atoms with Gasteiger partial charge in [-0.15, -0.1) is 0 Å². The van der Waals surface area contributed by atoms with Crippen molar-refractivity contribution in [3.63, 3.8) is 0 Å². The lowest BCUT2D eigenvalue weighted by molar-refractivity contribution is 0.172. The third-order valence-electron chi connectivity index (χ3n) is 3.67. The number of hydrogen-bond donors (Lipinski definition) is 3. The molecule has 3 rings (SSSR count).